The van der Waals surface area contributed by atoms with Crippen LogP contribution >= 0.6 is 0 Å². The van der Waals surface area contributed by atoms with Crippen molar-refractivity contribution in [2.75, 3.05) is 0 Å². The number of hydrogen-bond donors (Lipinski definition) is 0. The number of hydrogen-bond acceptors (Lipinski definition) is 2. The monoisotopic (exact) mass is 548 g/mol. The van der Waals surface area contributed by atoms with Crippen LogP contribution in [0.15, 0.2) is 134 Å². The molecule has 42 heavy (non-hydrogen) atoms. The van der Waals surface area contributed by atoms with E-state index >= 15 is 0 Å². The second kappa shape index (κ2) is 16.4. The van der Waals surface area contributed by atoms with Gasteiger partial charge in [0.05, 0.1) is 16.7 Å². The van der Waals surface area contributed by atoms with E-state index in [0.29, 0.717) is 0 Å². The summed E-state index contributed by atoms with van der Waals surface area (Å²) >= 11 is 0. The maximum Gasteiger partial charge on any atom is 0.0709 e. The fourth-order valence-electron chi connectivity index (χ4n) is 4.56. The topological polar surface area (TPSA) is 25.8 Å². The summed E-state index contributed by atoms with van der Waals surface area (Å²) in [4.78, 5) is 8.84. The molecule has 4 aromatic carbocycles. The number of rotatable bonds is 6. The van der Waals surface area contributed by atoms with E-state index in [-0.39, 0.29) is 0 Å². The molecule has 2 heteroatoms. The van der Waals surface area contributed by atoms with Gasteiger partial charge in [-0.3, -0.25) is 4.98 Å². The Bertz CT molecular complexity index is 1680. The van der Waals surface area contributed by atoms with Crippen molar-refractivity contribution in [3.8, 4) is 0 Å². The second-order valence-electron chi connectivity index (χ2n) is 9.85. The van der Waals surface area contributed by atoms with Gasteiger partial charge in [-0.15, -0.1) is 0 Å². The van der Waals surface area contributed by atoms with Crippen molar-refractivity contribution >= 4 is 50.8 Å². The largest absolute Gasteiger partial charge is 0.256 e. The highest BCUT2D eigenvalue weighted by Crippen LogP contribution is 2.20. The van der Waals surface area contributed by atoms with E-state index in [1.807, 2.05) is 42.6 Å². The van der Waals surface area contributed by atoms with E-state index in [1.165, 1.54) is 32.7 Å². The smallest absolute Gasteiger partial charge is 0.0709 e. The summed E-state index contributed by atoms with van der Waals surface area (Å²) < 4.78 is 0. The van der Waals surface area contributed by atoms with E-state index in [2.05, 4.69) is 140 Å². The minimum Gasteiger partial charge on any atom is -0.256 e. The Balaban J connectivity index is 0.000000145. The van der Waals surface area contributed by atoms with Gasteiger partial charge < -0.3 is 0 Å². The van der Waals surface area contributed by atoms with Crippen LogP contribution in [0.2, 0.25) is 0 Å². The molecular weight excluding hydrogens is 508 g/mol. The van der Waals surface area contributed by atoms with Crippen LogP contribution in [-0.2, 0) is 0 Å². The van der Waals surface area contributed by atoms with Crippen LogP contribution in [0.25, 0.3) is 50.8 Å². The molecule has 2 nitrogen and oxygen atoms in total. The first-order valence-electron chi connectivity index (χ1n) is 14.9. The van der Waals surface area contributed by atoms with E-state index < -0.39 is 0 Å². The quantitative estimate of drug-likeness (QED) is 0.207. The molecule has 0 saturated carbocycles. The number of allylic oxidation sites excluding steroid dienone is 3. The predicted molar refractivity (Wildman–Crippen MR) is 185 cm³/mol. The molecule has 2 heterocycles. The third-order valence-corrected chi connectivity index (χ3v) is 6.72. The molecule has 0 fully saturated rings. The molecule has 0 bridgehead atoms. The fourth-order valence-corrected chi connectivity index (χ4v) is 4.56. The van der Waals surface area contributed by atoms with Crippen molar-refractivity contribution < 1.29 is 0 Å². The zero-order valence-corrected chi connectivity index (χ0v) is 24.9. The Morgan fingerprint density at radius 1 is 0.476 bits per heavy atom. The Labute approximate surface area is 250 Å². The van der Waals surface area contributed by atoms with Crippen molar-refractivity contribution in [3.63, 3.8) is 0 Å². The Morgan fingerprint density at radius 2 is 1.05 bits per heavy atom. The molecule has 2 aromatic heterocycles. The molecule has 6 rings (SSSR count). The average Bonchev–Trinajstić information content (AvgIpc) is 3.06. The summed E-state index contributed by atoms with van der Waals surface area (Å²) in [6, 6.07) is 37.5. The SMILES string of the molecule is CC/C=C/c1ccc2ccccc2n1.CC/C=C/c1cccc2ccccc12.CC/C=C/c1ccnc2ccccc12. The van der Waals surface area contributed by atoms with Gasteiger partial charge in [-0.25, -0.2) is 4.98 Å². The maximum absolute atomic E-state index is 4.53. The van der Waals surface area contributed by atoms with Crippen molar-refractivity contribution in [1.29, 1.82) is 0 Å². The molecule has 0 aliphatic rings. The van der Waals surface area contributed by atoms with Gasteiger partial charge in [-0.1, -0.05) is 136 Å². The minimum absolute atomic E-state index is 1.03. The standard InChI is InChI=1S/C14H14.2C13H13N/c1-2-3-7-12-9-6-10-13-8-4-5-11-14(12)13;1-2-3-7-12-10-9-11-6-4-5-8-13(11)14-12;1-2-3-6-11-9-10-14-13-8-5-4-7-12(11)13/h3-11H,2H2,1H3;2*3-10H,2H2,1H3/b2*7-3+;6-3+. The first-order valence-corrected chi connectivity index (χ1v) is 14.9. The molecule has 0 amide bonds. The summed E-state index contributed by atoms with van der Waals surface area (Å²) in [5, 5.41) is 5.06. The Morgan fingerprint density at radius 3 is 1.79 bits per heavy atom. The van der Waals surface area contributed by atoms with E-state index in [4.69, 9.17) is 0 Å². The summed E-state index contributed by atoms with van der Waals surface area (Å²) in [6.45, 7) is 6.42. The van der Waals surface area contributed by atoms with Crippen LogP contribution in [-0.4, -0.2) is 9.97 Å². The van der Waals surface area contributed by atoms with E-state index in [0.717, 1.165) is 36.0 Å². The molecule has 6 aromatic rings. The summed E-state index contributed by atoms with van der Waals surface area (Å²) in [5.74, 6) is 0. The van der Waals surface area contributed by atoms with Gasteiger partial charge in [0.1, 0.15) is 0 Å². The molecule has 0 saturated heterocycles. The Kier molecular flexibility index (Phi) is 11.8. The Hall–Kier alpha value is -4.82. The minimum atomic E-state index is 1.03. The average molecular weight is 549 g/mol. The molecule has 0 N–H and O–H groups in total. The lowest BCUT2D eigenvalue weighted by molar-refractivity contribution is 1.23. The van der Waals surface area contributed by atoms with Gasteiger partial charge in [-0.05, 0) is 71.5 Å². The molecule has 0 spiro atoms. The number of para-hydroxylation sites is 2. The first-order chi connectivity index (χ1) is 20.7. The lowest BCUT2D eigenvalue weighted by atomic mass is 10.0. The second-order valence-corrected chi connectivity index (χ2v) is 9.85. The highest BCUT2D eigenvalue weighted by molar-refractivity contribution is 5.90. The molecule has 0 radical (unpaired) electrons. The predicted octanol–water partition coefficient (Wildman–Crippen LogP) is 11.6. The summed E-state index contributed by atoms with van der Waals surface area (Å²) in [6.07, 6.45) is 18.0. The summed E-state index contributed by atoms with van der Waals surface area (Å²) in [7, 11) is 0. The van der Waals surface area contributed by atoms with Crippen LogP contribution in [0.3, 0.4) is 0 Å². The zero-order valence-electron chi connectivity index (χ0n) is 24.9. The van der Waals surface area contributed by atoms with Crippen molar-refractivity contribution in [2.24, 2.45) is 0 Å². The van der Waals surface area contributed by atoms with Crippen molar-refractivity contribution in [3.05, 3.63) is 150 Å². The molecular formula is C40H40N2. The van der Waals surface area contributed by atoms with Gasteiger partial charge in [0.25, 0.3) is 0 Å². The van der Waals surface area contributed by atoms with E-state index in [1.54, 1.807) is 0 Å². The lowest BCUT2D eigenvalue weighted by Crippen LogP contribution is -1.81. The number of nitrogens with zero attached hydrogens (tertiary/aromatic N) is 2. The number of pyridine rings is 2. The lowest BCUT2D eigenvalue weighted by Gasteiger charge is -2.00. The number of aromatic nitrogens is 2. The van der Waals surface area contributed by atoms with Gasteiger partial charge in [0.15, 0.2) is 0 Å². The van der Waals surface area contributed by atoms with Crippen LogP contribution in [0, 0.1) is 0 Å². The van der Waals surface area contributed by atoms with E-state index in [9.17, 15) is 0 Å². The molecule has 210 valence electrons. The normalized spacial score (nSPS) is 11.2. The molecule has 0 aliphatic carbocycles. The highest BCUT2D eigenvalue weighted by atomic mass is 14.7. The molecule has 0 atom stereocenters. The molecule has 0 unspecified atom stereocenters. The number of benzene rings is 4. The van der Waals surface area contributed by atoms with Gasteiger partial charge >= 0.3 is 0 Å². The van der Waals surface area contributed by atoms with Crippen LogP contribution in [0.5, 0.6) is 0 Å². The summed E-state index contributed by atoms with van der Waals surface area (Å²) in [5.41, 5.74) is 5.71. The third-order valence-electron chi connectivity index (χ3n) is 6.72. The number of fused-ring (bicyclic) bond motifs is 3. The maximum atomic E-state index is 4.53. The third kappa shape index (κ3) is 8.59. The van der Waals surface area contributed by atoms with Crippen LogP contribution in [0.4, 0.5) is 0 Å². The van der Waals surface area contributed by atoms with Crippen molar-refractivity contribution in [2.45, 2.75) is 40.0 Å². The van der Waals surface area contributed by atoms with Crippen LogP contribution in [0.1, 0.15) is 56.9 Å². The van der Waals surface area contributed by atoms with Gasteiger partial charge in [0, 0.05) is 17.0 Å². The zero-order chi connectivity index (χ0) is 29.4. The van der Waals surface area contributed by atoms with Crippen molar-refractivity contribution in [1.82, 2.24) is 9.97 Å². The first kappa shape index (κ1) is 30.1. The van der Waals surface area contributed by atoms with Gasteiger partial charge in [0.2, 0.25) is 0 Å². The fraction of sp³-hybridized carbons (Fsp3) is 0.150. The van der Waals surface area contributed by atoms with Crippen LogP contribution < -0.4 is 0 Å². The highest BCUT2D eigenvalue weighted by Gasteiger charge is 1.97. The van der Waals surface area contributed by atoms with Gasteiger partial charge in [-0.2, -0.15) is 0 Å². The molecule has 0 aliphatic heterocycles.